The Balaban J connectivity index is 1.49. The summed E-state index contributed by atoms with van der Waals surface area (Å²) < 4.78 is 32.9. The van der Waals surface area contributed by atoms with Gasteiger partial charge in [-0.1, -0.05) is 24.1 Å². The minimum atomic E-state index is -3.60. The zero-order valence-electron chi connectivity index (χ0n) is 17.7. The fraction of sp³-hybridized carbons (Fsp3) is 0.455. The van der Waals surface area contributed by atoms with E-state index in [9.17, 15) is 18.0 Å². The number of amides is 2. The number of aryl methyl sites for hydroxylation is 1. The highest BCUT2D eigenvalue weighted by molar-refractivity contribution is 7.89. The number of piperidine rings is 1. The third-order valence-electron chi connectivity index (χ3n) is 5.41. The number of carbonyl (C=O) groups is 2. The zero-order valence-corrected chi connectivity index (χ0v) is 18.5. The summed E-state index contributed by atoms with van der Waals surface area (Å²) in [6.45, 7) is 2.90. The molecule has 2 aromatic rings. The maximum atomic E-state index is 13.1. The van der Waals surface area contributed by atoms with E-state index >= 15 is 0 Å². The minimum Gasteiger partial charge on any atom is -0.469 e. The summed E-state index contributed by atoms with van der Waals surface area (Å²) in [5, 5.41) is 5.15. The second-order valence-electron chi connectivity index (χ2n) is 7.71. The van der Waals surface area contributed by atoms with Gasteiger partial charge in [0.15, 0.2) is 0 Å². The van der Waals surface area contributed by atoms with E-state index in [0.717, 1.165) is 30.6 Å². The number of sulfonamides is 1. The number of hydrogen-bond donors (Lipinski definition) is 2. The molecule has 9 heteroatoms. The molecule has 1 aliphatic heterocycles. The van der Waals surface area contributed by atoms with Crippen LogP contribution in [0.2, 0.25) is 0 Å². The number of nitrogens with zero attached hydrogens (tertiary/aromatic N) is 1. The SMILES string of the molecule is Cc1ccc(S(=O)(=O)N2CCCC[C@H]2CCNC(=O)C(=O)NCCc2ccco2)cc1. The van der Waals surface area contributed by atoms with E-state index in [-0.39, 0.29) is 17.5 Å². The first kappa shape index (κ1) is 23.0. The highest BCUT2D eigenvalue weighted by Crippen LogP contribution is 2.27. The van der Waals surface area contributed by atoms with Crippen molar-refractivity contribution in [2.45, 2.75) is 50.0 Å². The second kappa shape index (κ2) is 10.6. The van der Waals surface area contributed by atoms with Crippen molar-refractivity contribution in [2.75, 3.05) is 19.6 Å². The molecule has 0 saturated carbocycles. The summed E-state index contributed by atoms with van der Waals surface area (Å²) in [5.74, 6) is -0.699. The number of nitrogens with one attached hydrogen (secondary N) is 2. The number of rotatable bonds is 8. The number of carbonyl (C=O) groups excluding carboxylic acids is 2. The molecule has 0 radical (unpaired) electrons. The molecule has 8 nitrogen and oxygen atoms in total. The van der Waals surface area contributed by atoms with E-state index in [1.54, 1.807) is 42.7 Å². The van der Waals surface area contributed by atoms with Gasteiger partial charge in [0.1, 0.15) is 5.76 Å². The van der Waals surface area contributed by atoms with Gasteiger partial charge in [-0.25, -0.2) is 8.42 Å². The Labute approximate surface area is 183 Å². The Bertz CT molecular complexity index is 971. The molecule has 2 N–H and O–H groups in total. The molecule has 1 aromatic carbocycles. The monoisotopic (exact) mass is 447 g/mol. The van der Waals surface area contributed by atoms with E-state index in [2.05, 4.69) is 10.6 Å². The summed E-state index contributed by atoms with van der Waals surface area (Å²) in [5.41, 5.74) is 0.999. The van der Waals surface area contributed by atoms with Gasteiger partial charge in [-0.05, 0) is 50.5 Å². The third kappa shape index (κ3) is 6.18. The summed E-state index contributed by atoms with van der Waals surface area (Å²) in [6.07, 6.45) is 4.99. The van der Waals surface area contributed by atoms with Crippen LogP contribution in [0.3, 0.4) is 0 Å². The quantitative estimate of drug-likeness (QED) is 0.602. The van der Waals surface area contributed by atoms with Crippen molar-refractivity contribution in [2.24, 2.45) is 0 Å². The molecule has 3 rings (SSSR count). The summed E-state index contributed by atoms with van der Waals surface area (Å²) in [7, 11) is -3.60. The van der Waals surface area contributed by atoms with Crippen LogP contribution in [0.1, 0.15) is 37.0 Å². The normalized spacial score (nSPS) is 17.3. The number of hydrogen-bond acceptors (Lipinski definition) is 5. The lowest BCUT2D eigenvalue weighted by atomic mass is 10.0. The molecule has 1 saturated heterocycles. The van der Waals surface area contributed by atoms with Crippen LogP contribution < -0.4 is 10.6 Å². The Kier molecular flexibility index (Phi) is 7.86. The molecule has 0 bridgehead atoms. The van der Waals surface area contributed by atoms with Crippen LogP contribution in [0, 0.1) is 6.92 Å². The van der Waals surface area contributed by atoms with Gasteiger partial charge in [-0.2, -0.15) is 4.31 Å². The van der Waals surface area contributed by atoms with E-state index in [0.29, 0.717) is 25.9 Å². The standard InChI is InChI=1S/C22H29N3O5S/c1-17-7-9-20(10-8-17)31(28,29)25-15-3-2-5-18(25)11-13-23-21(26)22(27)24-14-12-19-6-4-16-30-19/h4,6-10,16,18H,2-3,5,11-15H2,1H3,(H,23,26)(H,24,27)/t18-/m0/s1. The van der Waals surface area contributed by atoms with Crippen molar-refractivity contribution >= 4 is 21.8 Å². The zero-order chi connectivity index (χ0) is 22.3. The highest BCUT2D eigenvalue weighted by Gasteiger charge is 2.33. The summed E-state index contributed by atoms with van der Waals surface area (Å²) in [4.78, 5) is 24.2. The molecule has 0 unspecified atom stereocenters. The average Bonchev–Trinajstić information content (AvgIpc) is 3.27. The smallest absolute Gasteiger partial charge is 0.309 e. The average molecular weight is 448 g/mol. The fourth-order valence-electron chi connectivity index (χ4n) is 3.69. The van der Waals surface area contributed by atoms with Gasteiger partial charge in [0.2, 0.25) is 10.0 Å². The molecular formula is C22H29N3O5S. The van der Waals surface area contributed by atoms with Crippen molar-refractivity contribution < 1.29 is 22.4 Å². The van der Waals surface area contributed by atoms with Crippen LogP contribution in [0.5, 0.6) is 0 Å². The maximum Gasteiger partial charge on any atom is 0.309 e. The second-order valence-corrected chi connectivity index (χ2v) is 9.60. The Morgan fingerprint density at radius 1 is 1.06 bits per heavy atom. The third-order valence-corrected chi connectivity index (χ3v) is 7.37. The lowest BCUT2D eigenvalue weighted by molar-refractivity contribution is -0.139. The van der Waals surface area contributed by atoms with Crippen molar-refractivity contribution in [3.05, 3.63) is 54.0 Å². The Morgan fingerprint density at radius 2 is 1.77 bits per heavy atom. The van der Waals surface area contributed by atoms with Gasteiger partial charge in [0.05, 0.1) is 11.2 Å². The largest absolute Gasteiger partial charge is 0.469 e. The van der Waals surface area contributed by atoms with Crippen LogP contribution >= 0.6 is 0 Å². The van der Waals surface area contributed by atoms with E-state index in [1.807, 2.05) is 6.92 Å². The van der Waals surface area contributed by atoms with E-state index in [4.69, 9.17) is 4.42 Å². The van der Waals surface area contributed by atoms with Crippen LogP contribution in [-0.4, -0.2) is 50.2 Å². The minimum absolute atomic E-state index is 0.206. The molecule has 168 valence electrons. The summed E-state index contributed by atoms with van der Waals surface area (Å²) in [6, 6.07) is 10.2. The van der Waals surface area contributed by atoms with E-state index in [1.165, 1.54) is 4.31 Å². The van der Waals surface area contributed by atoms with Crippen LogP contribution in [-0.2, 0) is 26.0 Å². The van der Waals surface area contributed by atoms with Gasteiger partial charge >= 0.3 is 11.8 Å². The first-order valence-electron chi connectivity index (χ1n) is 10.5. The lowest BCUT2D eigenvalue weighted by Gasteiger charge is -2.34. The number of furan rings is 1. The predicted molar refractivity (Wildman–Crippen MR) is 116 cm³/mol. The molecule has 1 aromatic heterocycles. The Hall–Kier alpha value is -2.65. The van der Waals surface area contributed by atoms with Gasteiger partial charge in [-0.3, -0.25) is 9.59 Å². The van der Waals surface area contributed by atoms with Crippen LogP contribution in [0.25, 0.3) is 0 Å². The predicted octanol–water partition coefficient (Wildman–Crippen LogP) is 2.00. The van der Waals surface area contributed by atoms with Gasteiger partial charge in [0, 0.05) is 32.1 Å². The van der Waals surface area contributed by atoms with Crippen LogP contribution in [0.4, 0.5) is 0 Å². The molecule has 31 heavy (non-hydrogen) atoms. The Morgan fingerprint density at radius 3 is 2.45 bits per heavy atom. The maximum absolute atomic E-state index is 13.1. The van der Waals surface area contributed by atoms with Crippen molar-refractivity contribution in [3.63, 3.8) is 0 Å². The molecule has 1 fully saturated rings. The van der Waals surface area contributed by atoms with E-state index < -0.39 is 21.8 Å². The topological polar surface area (TPSA) is 109 Å². The summed E-state index contributed by atoms with van der Waals surface area (Å²) >= 11 is 0. The molecular weight excluding hydrogens is 418 g/mol. The van der Waals surface area contributed by atoms with Crippen molar-refractivity contribution in [1.29, 1.82) is 0 Å². The van der Waals surface area contributed by atoms with Crippen molar-refractivity contribution in [3.8, 4) is 0 Å². The molecule has 0 aliphatic carbocycles. The van der Waals surface area contributed by atoms with Crippen LogP contribution in [0.15, 0.2) is 52.0 Å². The molecule has 0 spiro atoms. The first-order valence-corrected chi connectivity index (χ1v) is 12.0. The lowest BCUT2D eigenvalue weighted by Crippen LogP contribution is -2.46. The number of benzene rings is 1. The molecule has 1 aliphatic rings. The van der Waals surface area contributed by atoms with Gasteiger partial charge in [-0.15, -0.1) is 0 Å². The fourth-order valence-corrected chi connectivity index (χ4v) is 5.42. The molecule has 2 amide bonds. The molecule has 2 heterocycles. The van der Waals surface area contributed by atoms with Gasteiger partial charge < -0.3 is 15.1 Å². The highest BCUT2D eigenvalue weighted by atomic mass is 32.2. The molecule has 1 atom stereocenters. The van der Waals surface area contributed by atoms with Crippen molar-refractivity contribution in [1.82, 2.24) is 14.9 Å². The first-order chi connectivity index (χ1) is 14.9. The van der Waals surface area contributed by atoms with Gasteiger partial charge in [0.25, 0.3) is 0 Å².